The van der Waals surface area contributed by atoms with Crippen molar-refractivity contribution >= 4 is 11.7 Å². The summed E-state index contributed by atoms with van der Waals surface area (Å²) in [6.07, 6.45) is -3.57. The molecule has 16 heavy (non-hydrogen) atoms. The summed E-state index contributed by atoms with van der Waals surface area (Å²) in [7, 11) is 0. The molecule has 0 radical (unpaired) electrons. The Morgan fingerprint density at radius 3 is 2.69 bits per heavy atom. The van der Waals surface area contributed by atoms with Crippen molar-refractivity contribution in [2.24, 2.45) is 0 Å². The highest BCUT2D eigenvalue weighted by Gasteiger charge is 2.32. The van der Waals surface area contributed by atoms with Gasteiger partial charge in [0.1, 0.15) is 11.7 Å². The first-order valence-corrected chi connectivity index (χ1v) is 4.33. The molecule has 88 valence electrons. The van der Waals surface area contributed by atoms with Gasteiger partial charge in [0.25, 0.3) is 0 Å². The van der Waals surface area contributed by atoms with Crippen molar-refractivity contribution < 1.29 is 23.1 Å². The minimum Gasteiger partial charge on any atom is -0.480 e. The zero-order chi connectivity index (χ0) is 12.3. The molecule has 0 aromatic carbocycles. The van der Waals surface area contributed by atoms with E-state index in [-0.39, 0.29) is 5.69 Å². The number of hydrogen-bond acceptors (Lipinski definition) is 3. The second-order valence-electron chi connectivity index (χ2n) is 3.13. The van der Waals surface area contributed by atoms with Crippen LogP contribution < -0.4 is 5.32 Å². The molecule has 1 rings (SSSR count). The van der Waals surface area contributed by atoms with Gasteiger partial charge in [0, 0.05) is 11.9 Å². The van der Waals surface area contributed by atoms with Crippen molar-refractivity contribution in [1.29, 1.82) is 0 Å². The third-order valence-electron chi connectivity index (χ3n) is 1.80. The second-order valence-corrected chi connectivity index (χ2v) is 3.13. The van der Waals surface area contributed by atoms with E-state index in [2.05, 4.69) is 10.3 Å². The molecule has 1 atom stereocenters. The normalized spacial score (nSPS) is 13.2. The molecule has 0 aliphatic rings. The average molecular weight is 234 g/mol. The van der Waals surface area contributed by atoms with Crippen LogP contribution in [0.2, 0.25) is 0 Å². The number of nitrogens with one attached hydrogen (secondary N) is 1. The van der Waals surface area contributed by atoms with Crippen LogP contribution in [0.4, 0.5) is 18.9 Å². The number of aliphatic carboxylic acids is 1. The van der Waals surface area contributed by atoms with E-state index in [4.69, 9.17) is 5.11 Å². The standard InChI is InChI=1S/C9H9F3N2O2/c1-5(8(15)16)14-6-2-3-13-7(4-6)9(10,11)12/h2-5H,1H3,(H,13,14)(H,15,16)/t5-/m0/s1. The first-order valence-electron chi connectivity index (χ1n) is 4.33. The Hall–Kier alpha value is -1.79. The lowest BCUT2D eigenvalue weighted by atomic mass is 10.2. The molecule has 0 fully saturated rings. The van der Waals surface area contributed by atoms with Crippen LogP contribution in [0, 0.1) is 0 Å². The summed E-state index contributed by atoms with van der Waals surface area (Å²) >= 11 is 0. The summed E-state index contributed by atoms with van der Waals surface area (Å²) in [6, 6.07) is 1.07. The van der Waals surface area contributed by atoms with Gasteiger partial charge in [0.2, 0.25) is 0 Å². The number of rotatable bonds is 3. The van der Waals surface area contributed by atoms with E-state index < -0.39 is 23.9 Å². The van der Waals surface area contributed by atoms with Crippen LogP contribution >= 0.6 is 0 Å². The lowest BCUT2D eigenvalue weighted by Crippen LogP contribution is -2.25. The minimum absolute atomic E-state index is 0.0669. The van der Waals surface area contributed by atoms with E-state index >= 15 is 0 Å². The van der Waals surface area contributed by atoms with Crippen molar-refractivity contribution in [3.8, 4) is 0 Å². The van der Waals surface area contributed by atoms with Crippen LogP contribution in [0.15, 0.2) is 18.3 Å². The maximum absolute atomic E-state index is 12.3. The van der Waals surface area contributed by atoms with Gasteiger partial charge in [-0.05, 0) is 19.1 Å². The number of halogens is 3. The Balaban J connectivity index is 2.87. The molecule has 1 aromatic rings. The van der Waals surface area contributed by atoms with Crippen LogP contribution in [0.5, 0.6) is 0 Å². The number of pyridine rings is 1. The van der Waals surface area contributed by atoms with Gasteiger partial charge >= 0.3 is 12.1 Å². The van der Waals surface area contributed by atoms with Gasteiger partial charge in [-0.2, -0.15) is 13.2 Å². The van der Waals surface area contributed by atoms with Crippen LogP contribution in [0.1, 0.15) is 12.6 Å². The summed E-state index contributed by atoms with van der Waals surface area (Å²) in [6.45, 7) is 1.33. The van der Waals surface area contributed by atoms with E-state index in [1.807, 2.05) is 0 Å². The van der Waals surface area contributed by atoms with Crippen molar-refractivity contribution in [2.75, 3.05) is 5.32 Å². The average Bonchev–Trinajstić information content (AvgIpc) is 2.16. The van der Waals surface area contributed by atoms with Crippen molar-refractivity contribution in [3.05, 3.63) is 24.0 Å². The number of anilines is 1. The Bertz CT molecular complexity index is 393. The van der Waals surface area contributed by atoms with Crippen molar-refractivity contribution in [2.45, 2.75) is 19.1 Å². The summed E-state index contributed by atoms with van der Waals surface area (Å²) in [5.74, 6) is -1.15. The lowest BCUT2D eigenvalue weighted by Gasteiger charge is -2.12. The highest BCUT2D eigenvalue weighted by Crippen LogP contribution is 2.28. The predicted molar refractivity (Wildman–Crippen MR) is 50.0 cm³/mol. The topological polar surface area (TPSA) is 62.2 Å². The van der Waals surface area contributed by atoms with E-state index in [1.165, 1.54) is 13.0 Å². The van der Waals surface area contributed by atoms with Gasteiger partial charge < -0.3 is 10.4 Å². The Labute approximate surface area is 89.1 Å². The number of aromatic nitrogens is 1. The molecule has 7 heteroatoms. The Kier molecular flexibility index (Phi) is 3.36. The molecule has 0 saturated heterocycles. The summed E-state index contributed by atoms with van der Waals surface area (Å²) in [4.78, 5) is 13.6. The highest BCUT2D eigenvalue weighted by atomic mass is 19.4. The summed E-state index contributed by atoms with van der Waals surface area (Å²) in [5, 5.41) is 11.0. The van der Waals surface area contributed by atoms with E-state index in [0.29, 0.717) is 0 Å². The molecule has 0 aliphatic heterocycles. The van der Waals surface area contributed by atoms with Gasteiger partial charge in [-0.1, -0.05) is 0 Å². The van der Waals surface area contributed by atoms with Gasteiger partial charge in [-0.15, -0.1) is 0 Å². The number of nitrogens with zero attached hydrogens (tertiary/aromatic N) is 1. The Morgan fingerprint density at radius 2 is 2.19 bits per heavy atom. The number of alkyl halides is 3. The quantitative estimate of drug-likeness (QED) is 0.839. The number of carbonyl (C=O) groups is 1. The smallest absolute Gasteiger partial charge is 0.433 e. The van der Waals surface area contributed by atoms with Crippen LogP contribution in [0.25, 0.3) is 0 Å². The van der Waals surface area contributed by atoms with Gasteiger partial charge in [-0.3, -0.25) is 9.78 Å². The molecule has 2 N–H and O–H groups in total. The van der Waals surface area contributed by atoms with E-state index in [1.54, 1.807) is 0 Å². The van der Waals surface area contributed by atoms with E-state index in [0.717, 1.165) is 12.3 Å². The molecular formula is C9H9F3N2O2. The zero-order valence-corrected chi connectivity index (χ0v) is 8.25. The van der Waals surface area contributed by atoms with Gasteiger partial charge in [0.15, 0.2) is 0 Å². The molecule has 0 aliphatic carbocycles. The fraction of sp³-hybridized carbons (Fsp3) is 0.333. The molecule has 0 unspecified atom stereocenters. The fourth-order valence-electron chi connectivity index (χ4n) is 0.987. The molecule has 4 nitrogen and oxygen atoms in total. The molecule has 0 saturated carbocycles. The number of carboxylic acids is 1. The second kappa shape index (κ2) is 4.38. The SMILES string of the molecule is C[C@H](Nc1ccnc(C(F)(F)F)c1)C(=O)O. The molecule has 1 heterocycles. The van der Waals surface area contributed by atoms with Gasteiger partial charge in [-0.25, -0.2) is 0 Å². The molecule has 0 spiro atoms. The molecule has 1 aromatic heterocycles. The van der Waals surface area contributed by atoms with Crippen molar-refractivity contribution in [1.82, 2.24) is 4.98 Å². The zero-order valence-electron chi connectivity index (χ0n) is 8.25. The third kappa shape index (κ3) is 3.11. The van der Waals surface area contributed by atoms with E-state index in [9.17, 15) is 18.0 Å². The highest BCUT2D eigenvalue weighted by molar-refractivity contribution is 5.76. The lowest BCUT2D eigenvalue weighted by molar-refractivity contribution is -0.141. The molecule has 0 amide bonds. The van der Waals surface area contributed by atoms with Crippen LogP contribution in [-0.4, -0.2) is 22.1 Å². The largest absolute Gasteiger partial charge is 0.480 e. The first-order chi connectivity index (χ1) is 7.30. The van der Waals surface area contributed by atoms with Crippen molar-refractivity contribution in [3.63, 3.8) is 0 Å². The summed E-state index contributed by atoms with van der Waals surface area (Å²) in [5.41, 5.74) is -0.993. The summed E-state index contributed by atoms with van der Waals surface area (Å²) < 4.78 is 36.8. The van der Waals surface area contributed by atoms with Gasteiger partial charge in [0.05, 0.1) is 0 Å². The predicted octanol–water partition coefficient (Wildman–Crippen LogP) is 1.99. The molecular weight excluding hydrogens is 225 g/mol. The maximum atomic E-state index is 12.3. The minimum atomic E-state index is -4.54. The monoisotopic (exact) mass is 234 g/mol. The van der Waals surface area contributed by atoms with Crippen LogP contribution in [0.3, 0.4) is 0 Å². The van der Waals surface area contributed by atoms with Crippen LogP contribution in [-0.2, 0) is 11.0 Å². The third-order valence-corrected chi connectivity index (χ3v) is 1.80. The number of hydrogen-bond donors (Lipinski definition) is 2. The number of carboxylic acid groups (broad SMARTS) is 1. The maximum Gasteiger partial charge on any atom is 0.433 e. The molecule has 0 bridgehead atoms. The fourth-order valence-corrected chi connectivity index (χ4v) is 0.987. The Morgan fingerprint density at radius 1 is 1.56 bits per heavy atom. The first kappa shape index (κ1) is 12.3.